The Kier molecular flexibility index (Phi) is 5.46. The predicted octanol–water partition coefficient (Wildman–Crippen LogP) is 2.93. The number of nitrogens with two attached hydrogens (primary N) is 1. The summed E-state index contributed by atoms with van der Waals surface area (Å²) in [5.74, 6) is 2.46. The van der Waals surface area contributed by atoms with Crippen LogP contribution in [0.4, 0.5) is 0 Å². The van der Waals surface area contributed by atoms with Crippen molar-refractivity contribution in [3.05, 3.63) is 60.2 Å². The van der Waals surface area contributed by atoms with Crippen molar-refractivity contribution in [3.8, 4) is 23.5 Å². The molecule has 0 amide bonds. The van der Waals surface area contributed by atoms with E-state index in [1.807, 2.05) is 12.2 Å². The lowest BCUT2D eigenvalue weighted by molar-refractivity contribution is 0.0617. The number of rotatable bonds is 5. The Labute approximate surface area is 141 Å². The largest absolute Gasteiger partial charge is 0.472 e. The minimum atomic E-state index is -1.11. The van der Waals surface area contributed by atoms with Gasteiger partial charge in [0, 0.05) is 6.07 Å². The van der Waals surface area contributed by atoms with E-state index in [1.165, 1.54) is 0 Å². The van der Waals surface area contributed by atoms with Crippen molar-refractivity contribution in [2.75, 3.05) is 0 Å². The maximum Gasteiger partial charge on any atom is 0.343 e. The Hall–Kier alpha value is -2.97. The van der Waals surface area contributed by atoms with Crippen LogP contribution in [0.2, 0.25) is 0 Å². The zero-order chi connectivity index (χ0) is 17.6. The first-order chi connectivity index (χ1) is 11.4. The molecule has 0 aliphatic rings. The zero-order valence-corrected chi connectivity index (χ0v) is 13.5. The van der Waals surface area contributed by atoms with Crippen molar-refractivity contribution in [3.63, 3.8) is 0 Å². The van der Waals surface area contributed by atoms with Gasteiger partial charge in [-0.1, -0.05) is 30.2 Å². The molecule has 2 aromatic carbocycles. The van der Waals surface area contributed by atoms with Gasteiger partial charge < -0.3 is 14.6 Å². The second kappa shape index (κ2) is 7.53. The highest BCUT2D eigenvalue weighted by Gasteiger charge is 2.28. The number of ether oxygens (including phenoxy) is 2. The van der Waals surface area contributed by atoms with E-state index in [0.29, 0.717) is 17.1 Å². The third-order valence-corrected chi connectivity index (χ3v) is 3.50. The Balaban J connectivity index is 2.11. The molecule has 0 radical (unpaired) electrons. The molecule has 5 heteroatoms. The van der Waals surface area contributed by atoms with Gasteiger partial charge in [0.1, 0.15) is 17.6 Å². The highest BCUT2D eigenvalue weighted by molar-refractivity contribution is 5.90. The van der Waals surface area contributed by atoms with Crippen LogP contribution in [-0.4, -0.2) is 16.8 Å². The molecule has 0 heterocycles. The maximum absolute atomic E-state index is 12.1. The lowest BCUT2D eigenvalue weighted by Gasteiger charge is -2.29. The minimum absolute atomic E-state index is 0.345. The van der Waals surface area contributed by atoms with Crippen molar-refractivity contribution < 1.29 is 19.4 Å². The fourth-order valence-corrected chi connectivity index (χ4v) is 1.92. The molecule has 0 bridgehead atoms. The van der Waals surface area contributed by atoms with Gasteiger partial charge in [0.2, 0.25) is 0 Å². The fourth-order valence-electron chi connectivity index (χ4n) is 1.92. The van der Waals surface area contributed by atoms with Crippen LogP contribution < -0.4 is 15.2 Å². The summed E-state index contributed by atoms with van der Waals surface area (Å²) in [5, 5.41) is 8.69. The van der Waals surface area contributed by atoms with Crippen LogP contribution in [-0.2, 0) is 0 Å². The molecule has 0 saturated heterocycles. The average Bonchev–Trinajstić information content (AvgIpc) is 2.56. The van der Waals surface area contributed by atoms with Gasteiger partial charge in [0.15, 0.2) is 5.72 Å². The normalized spacial score (nSPS) is 13.8. The van der Waals surface area contributed by atoms with E-state index in [1.54, 1.807) is 62.4 Å². The quantitative estimate of drug-likeness (QED) is 0.382. The van der Waals surface area contributed by atoms with Crippen molar-refractivity contribution in [2.45, 2.75) is 19.6 Å². The van der Waals surface area contributed by atoms with Crippen molar-refractivity contribution in [2.24, 2.45) is 11.7 Å². The zero-order valence-electron chi connectivity index (χ0n) is 13.5. The van der Waals surface area contributed by atoms with Crippen LogP contribution in [0.3, 0.4) is 0 Å². The third kappa shape index (κ3) is 4.51. The molecule has 0 aromatic heterocycles. The molecule has 3 N–H and O–H groups in total. The highest BCUT2D eigenvalue weighted by Crippen LogP contribution is 2.25. The van der Waals surface area contributed by atoms with Gasteiger partial charge in [-0.25, -0.2) is 4.79 Å². The standard InChI is InChI=1S/C19H19NO4/c1-14(11-12-21)19(2,20)24-17-10-6-9-16(13-17)23-18(22)15-7-4-3-5-8-15/h3-10,13-14,21H,20H2,1-2H3. The molecule has 2 aromatic rings. The number of carbonyl (C=O) groups is 1. The molecule has 0 saturated carbocycles. The van der Waals surface area contributed by atoms with Gasteiger partial charge in [-0.05, 0) is 38.1 Å². The van der Waals surface area contributed by atoms with E-state index < -0.39 is 17.6 Å². The molecule has 2 rings (SSSR count). The smallest absolute Gasteiger partial charge is 0.343 e. The SMILES string of the molecule is CC(C#CO)C(C)(N)Oc1cccc(OC(=O)c2ccccc2)c1. The summed E-state index contributed by atoms with van der Waals surface area (Å²) in [4.78, 5) is 12.1. The number of aliphatic hydroxyl groups excluding tert-OH is 1. The topological polar surface area (TPSA) is 81.8 Å². The summed E-state index contributed by atoms with van der Waals surface area (Å²) in [6.45, 7) is 3.40. The van der Waals surface area contributed by atoms with Gasteiger partial charge in [0.25, 0.3) is 0 Å². The lowest BCUT2D eigenvalue weighted by atomic mass is 10.0. The molecule has 2 atom stereocenters. The Morgan fingerprint density at radius 3 is 2.50 bits per heavy atom. The van der Waals surface area contributed by atoms with Gasteiger partial charge in [-0.2, -0.15) is 0 Å². The average molecular weight is 325 g/mol. The van der Waals surface area contributed by atoms with Crippen LogP contribution in [0.15, 0.2) is 54.6 Å². The predicted molar refractivity (Wildman–Crippen MR) is 89.9 cm³/mol. The summed E-state index contributed by atoms with van der Waals surface area (Å²) in [6, 6.07) is 15.3. The molecular formula is C19H19NO4. The van der Waals surface area contributed by atoms with Crippen LogP contribution in [0.1, 0.15) is 24.2 Å². The highest BCUT2D eigenvalue weighted by atomic mass is 16.5. The molecular weight excluding hydrogens is 306 g/mol. The summed E-state index contributed by atoms with van der Waals surface area (Å²) < 4.78 is 11.1. The van der Waals surface area contributed by atoms with Crippen molar-refractivity contribution in [1.29, 1.82) is 0 Å². The summed E-state index contributed by atoms with van der Waals surface area (Å²) >= 11 is 0. The number of hydrogen-bond donors (Lipinski definition) is 2. The second-order valence-electron chi connectivity index (χ2n) is 5.49. The Bertz CT molecular complexity index is 760. The first-order valence-electron chi connectivity index (χ1n) is 7.42. The monoisotopic (exact) mass is 325 g/mol. The summed E-state index contributed by atoms with van der Waals surface area (Å²) in [6.07, 6.45) is 1.84. The number of aliphatic hydroxyl groups is 1. The van der Waals surface area contributed by atoms with Gasteiger partial charge >= 0.3 is 5.97 Å². The van der Waals surface area contributed by atoms with Crippen LogP contribution in [0, 0.1) is 17.9 Å². The van der Waals surface area contributed by atoms with E-state index >= 15 is 0 Å². The van der Waals surface area contributed by atoms with E-state index in [4.69, 9.17) is 20.3 Å². The van der Waals surface area contributed by atoms with Crippen molar-refractivity contribution >= 4 is 5.97 Å². The van der Waals surface area contributed by atoms with E-state index in [2.05, 4.69) is 5.92 Å². The molecule has 0 fully saturated rings. The molecule has 2 unspecified atom stereocenters. The Morgan fingerprint density at radius 2 is 1.83 bits per heavy atom. The van der Waals surface area contributed by atoms with Crippen LogP contribution in [0.25, 0.3) is 0 Å². The summed E-state index contributed by atoms with van der Waals surface area (Å²) in [7, 11) is 0. The molecule has 5 nitrogen and oxygen atoms in total. The van der Waals surface area contributed by atoms with E-state index in [-0.39, 0.29) is 0 Å². The maximum atomic E-state index is 12.1. The second-order valence-corrected chi connectivity index (χ2v) is 5.49. The molecule has 0 spiro atoms. The number of benzene rings is 2. The molecule has 124 valence electrons. The molecule has 0 aliphatic carbocycles. The van der Waals surface area contributed by atoms with Crippen LogP contribution >= 0.6 is 0 Å². The minimum Gasteiger partial charge on any atom is -0.472 e. The number of hydrogen-bond acceptors (Lipinski definition) is 5. The fraction of sp³-hybridized carbons (Fsp3) is 0.211. The Morgan fingerprint density at radius 1 is 1.17 bits per heavy atom. The van der Waals surface area contributed by atoms with E-state index in [0.717, 1.165) is 0 Å². The van der Waals surface area contributed by atoms with Gasteiger partial charge in [-0.15, -0.1) is 0 Å². The van der Waals surface area contributed by atoms with Gasteiger partial charge in [-0.3, -0.25) is 5.73 Å². The number of esters is 1. The van der Waals surface area contributed by atoms with Gasteiger partial charge in [0.05, 0.1) is 11.5 Å². The molecule has 24 heavy (non-hydrogen) atoms. The third-order valence-electron chi connectivity index (χ3n) is 3.50. The first kappa shape index (κ1) is 17.4. The molecule has 0 aliphatic heterocycles. The lowest BCUT2D eigenvalue weighted by Crippen LogP contribution is -2.48. The van der Waals surface area contributed by atoms with Crippen molar-refractivity contribution in [1.82, 2.24) is 0 Å². The number of carbonyl (C=O) groups excluding carboxylic acids is 1. The van der Waals surface area contributed by atoms with E-state index in [9.17, 15) is 4.79 Å². The first-order valence-corrected chi connectivity index (χ1v) is 7.42. The summed E-state index contributed by atoms with van der Waals surface area (Å²) in [5.41, 5.74) is 5.42. The van der Waals surface area contributed by atoms with Crippen LogP contribution in [0.5, 0.6) is 11.5 Å².